The Balaban J connectivity index is 1.65. The molecule has 0 aromatic heterocycles. The van der Waals surface area contributed by atoms with Crippen molar-refractivity contribution in [3.05, 3.63) is 48.0 Å². The summed E-state index contributed by atoms with van der Waals surface area (Å²) in [6, 6.07) is 15.1. The van der Waals surface area contributed by atoms with Crippen LogP contribution in [-0.4, -0.2) is 29.4 Å². The topological polar surface area (TPSA) is 46.3 Å². The smallest absolute Gasteiger partial charge is 0.223 e. The first-order chi connectivity index (χ1) is 11.1. The molecule has 1 heterocycles. The summed E-state index contributed by atoms with van der Waals surface area (Å²) < 4.78 is 0. The van der Waals surface area contributed by atoms with Gasteiger partial charge in [0.2, 0.25) is 5.91 Å². The van der Waals surface area contributed by atoms with Gasteiger partial charge in [-0.25, -0.2) is 0 Å². The number of amides is 1. The highest BCUT2D eigenvalue weighted by Gasteiger charge is 2.28. The largest absolute Gasteiger partial charge is 0.338 e. The van der Waals surface area contributed by atoms with E-state index < -0.39 is 0 Å². The Morgan fingerprint density at radius 3 is 2.78 bits per heavy atom. The van der Waals surface area contributed by atoms with Crippen molar-refractivity contribution in [1.82, 2.24) is 4.90 Å². The number of rotatable bonds is 4. The lowest BCUT2D eigenvalue weighted by atomic mass is 9.96. The number of hydrogen-bond donors (Lipinski definition) is 1. The molecule has 122 valence electrons. The van der Waals surface area contributed by atoms with Crippen LogP contribution in [-0.2, 0) is 11.2 Å². The molecule has 2 aromatic rings. The molecule has 3 nitrogen and oxygen atoms in total. The molecule has 3 heteroatoms. The van der Waals surface area contributed by atoms with Crippen LogP contribution in [0.15, 0.2) is 42.5 Å². The summed E-state index contributed by atoms with van der Waals surface area (Å²) in [5.74, 6) is 0.250. The van der Waals surface area contributed by atoms with Crippen molar-refractivity contribution >= 4 is 16.7 Å². The van der Waals surface area contributed by atoms with Gasteiger partial charge in [-0.3, -0.25) is 4.79 Å². The minimum Gasteiger partial charge on any atom is -0.338 e. The first-order valence-corrected chi connectivity index (χ1v) is 8.68. The van der Waals surface area contributed by atoms with Crippen LogP contribution >= 0.6 is 0 Å². The lowest BCUT2D eigenvalue weighted by Gasteiger charge is -2.38. The van der Waals surface area contributed by atoms with Crippen LogP contribution in [0.4, 0.5) is 0 Å². The van der Waals surface area contributed by atoms with Crippen LogP contribution in [0, 0.1) is 0 Å². The SMILES string of the molecule is CC(N)C1CCCCN1C(=O)CCc1ccc2ccccc2c1. The van der Waals surface area contributed by atoms with Crippen molar-refractivity contribution in [3.63, 3.8) is 0 Å². The molecule has 0 bridgehead atoms. The Morgan fingerprint density at radius 2 is 2.00 bits per heavy atom. The maximum absolute atomic E-state index is 12.6. The van der Waals surface area contributed by atoms with E-state index in [1.165, 1.54) is 22.8 Å². The van der Waals surface area contributed by atoms with E-state index in [0.717, 1.165) is 25.8 Å². The van der Waals surface area contributed by atoms with Crippen LogP contribution in [0.2, 0.25) is 0 Å². The summed E-state index contributed by atoms with van der Waals surface area (Å²) in [6.45, 7) is 2.88. The Labute approximate surface area is 138 Å². The summed E-state index contributed by atoms with van der Waals surface area (Å²) >= 11 is 0. The molecule has 0 aliphatic carbocycles. The number of carbonyl (C=O) groups excluding carboxylic acids is 1. The molecule has 2 aromatic carbocycles. The van der Waals surface area contributed by atoms with E-state index in [9.17, 15) is 4.79 Å². The van der Waals surface area contributed by atoms with E-state index in [0.29, 0.717) is 6.42 Å². The Bertz CT molecular complexity index is 680. The van der Waals surface area contributed by atoms with Gasteiger partial charge in [0.05, 0.1) is 0 Å². The van der Waals surface area contributed by atoms with Crippen LogP contribution < -0.4 is 5.73 Å². The van der Waals surface area contributed by atoms with E-state index in [1.807, 2.05) is 11.8 Å². The molecule has 3 rings (SSSR count). The van der Waals surface area contributed by atoms with Crippen LogP contribution in [0.3, 0.4) is 0 Å². The van der Waals surface area contributed by atoms with Crippen molar-refractivity contribution in [3.8, 4) is 0 Å². The third kappa shape index (κ3) is 3.73. The number of piperidine rings is 1. The van der Waals surface area contributed by atoms with E-state index in [-0.39, 0.29) is 18.0 Å². The monoisotopic (exact) mass is 310 g/mol. The normalized spacial score (nSPS) is 19.7. The maximum atomic E-state index is 12.6. The summed E-state index contributed by atoms with van der Waals surface area (Å²) in [6.07, 6.45) is 4.69. The van der Waals surface area contributed by atoms with Crippen molar-refractivity contribution in [2.75, 3.05) is 6.54 Å². The van der Waals surface area contributed by atoms with Gasteiger partial charge in [0.15, 0.2) is 0 Å². The minimum absolute atomic E-state index is 0.0555. The van der Waals surface area contributed by atoms with Gasteiger partial charge in [0.25, 0.3) is 0 Å². The molecule has 2 unspecified atom stereocenters. The number of benzene rings is 2. The van der Waals surface area contributed by atoms with Crippen LogP contribution in [0.5, 0.6) is 0 Å². The average molecular weight is 310 g/mol. The van der Waals surface area contributed by atoms with Gasteiger partial charge in [-0.2, -0.15) is 0 Å². The fourth-order valence-corrected chi connectivity index (χ4v) is 3.60. The molecule has 1 fully saturated rings. The van der Waals surface area contributed by atoms with Gasteiger partial charge in [-0.05, 0) is 48.9 Å². The number of nitrogens with zero attached hydrogens (tertiary/aromatic N) is 1. The molecule has 1 aliphatic rings. The molecule has 0 radical (unpaired) electrons. The maximum Gasteiger partial charge on any atom is 0.223 e. The molecule has 0 spiro atoms. The molecule has 0 saturated carbocycles. The number of likely N-dealkylation sites (tertiary alicyclic amines) is 1. The lowest BCUT2D eigenvalue weighted by Crippen LogP contribution is -2.51. The van der Waals surface area contributed by atoms with Crippen molar-refractivity contribution < 1.29 is 4.79 Å². The van der Waals surface area contributed by atoms with Crippen LogP contribution in [0.25, 0.3) is 10.8 Å². The zero-order chi connectivity index (χ0) is 16.2. The second kappa shape index (κ2) is 7.14. The number of hydrogen-bond acceptors (Lipinski definition) is 2. The van der Waals surface area contributed by atoms with Crippen LogP contribution in [0.1, 0.15) is 38.2 Å². The summed E-state index contributed by atoms with van der Waals surface area (Å²) in [7, 11) is 0. The Morgan fingerprint density at radius 1 is 1.22 bits per heavy atom. The van der Waals surface area contributed by atoms with Gasteiger partial charge in [-0.1, -0.05) is 42.5 Å². The molecule has 1 saturated heterocycles. The predicted molar refractivity (Wildman–Crippen MR) is 95.3 cm³/mol. The fourth-order valence-electron chi connectivity index (χ4n) is 3.60. The van der Waals surface area contributed by atoms with Gasteiger partial charge < -0.3 is 10.6 Å². The molecule has 2 N–H and O–H groups in total. The summed E-state index contributed by atoms with van der Waals surface area (Å²) in [4.78, 5) is 14.6. The number of carbonyl (C=O) groups is 1. The highest BCUT2D eigenvalue weighted by atomic mass is 16.2. The molecular weight excluding hydrogens is 284 g/mol. The first-order valence-electron chi connectivity index (χ1n) is 8.68. The number of fused-ring (bicyclic) bond motifs is 1. The lowest BCUT2D eigenvalue weighted by molar-refractivity contribution is -0.135. The Kier molecular flexibility index (Phi) is 4.97. The second-order valence-electron chi connectivity index (χ2n) is 6.69. The predicted octanol–water partition coefficient (Wildman–Crippen LogP) is 3.50. The Hall–Kier alpha value is -1.87. The van der Waals surface area contributed by atoms with Crippen molar-refractivity contribution in [1.29, 1.82) is 0 Å². The minimum atomic E-state index is 0.0555. The standard InChI is InChI=1S/C20H26N2O/c1-15(21)19-8-4-5-13-22(19)20(23)12-10-16-9-11-17-6-2-3-7-18(17)14-16/h2-3,6-7,9,11,14-15,19H,4-5,8,10,12-13,21H2,1H3. The van der Waals surface area contributed by atoms with E-state index in [1.54, 1.807) is 0 Å². The molecular formula is C20H26N2O. The molecule has 1 aliphatic heterocycles. The zero-order valence-electron chi connectivity index (χ0n) is 13.9. The average Bonchev–Trinajstić information content (AvgIpc) is 2.59. The fraction of sp³-hybridized carbons (Fsp3) is 0.450. The molecule has 1 amide bonds. The van der Waals surface area contributed by atoms with Gasteiger partial charge in [0.1, 0.15) is 0 Å². The van der Waals surface area contributed by atoms with Gasteiger partial charge in [0, 0.05) is 25.0 Å². The first kappa shape index (κ1) is 16.0. The highest BCUT2D eigenvalue weighted by Crippen LogP contribution is 2.21. The van der Waals surface area contributed by atoms with E-state index >= 15 is 0 Å². The van der Waals surface area contributed by atoms with Gasteiger partial charge in [-0.15, -0.1) is 0 Å². The molecule has 2 atom stereocenters. The summed E-state index contributed by atoms with van der Waals surface area (Å²) in [5, 5.41) is 2.49. The highest BCUT2D eigenvalue weighted by molar-refractivity contribution is 5.83. The third-order valence-corrected chi connectivity index (χ3v) is 4.92. The zero-order valence-corrected chi connectivity index (χ0v) is 13.9. The number of aryl methyl sites for hydroxylation is 1. The van der Waals surface area contributed by atoms with E-state index in [2.05, 4.69) is 42.5 Å². The molecule has 23 heavy (non-hydrogen) atoms. The second-order valence-corrected chi connectivity index (χ2v) is 6.69. The number of nitrogens with two attached hydrogens (primary N) is 1. The summed E-state index contributed by atoms with van der Waals surface area (Å²) in [5.41, 5.74) is 7.30. The van der Waals surface area contributed by atoms with Gasteiger partial charge >= 0.3 is 0 Å². The quantitative estimate of drug-likeness (QED) is 0.939. The third-order valence-electron chi connectivity index (χ3n) is 4.92. The van der Waals surface area contributed by atoms with E-state index in [4.69, 9.17) is 5.73 Å². The van der Waals surface area contributed by atoms with Crippen molar-refractivity contribution in [2.45, 2.75) is 51.1 Å². The van der Waals surface area contributed by atoms with Crippen molar-refractivity contribution in [2.24, 2.45) is 5.73 Å².